The van der Waals surface area contributed by atoms with E-state index in [2.05, 4.69) is 5.32 Å². The molecule has 0 saturated carbocycles. The molecule has 3 aromatic carbocycles. The van der Waals surface area contributed by atoms with E-state index in [0.29, 0.717) is 17.9 Å². The molecule has 0 unspecified atom stereocenters. The lowest BCUT2D eigenvalue weighted by Crippen LogP contribution is -2.53. The minimum absolute atomic E-state index is 0.0719. The Bertz CT molecular complexity index is 1390. The predicted molar refractivity (Wildman–Crippen MR) is 162 cm³/mol. The second-order valence-electron chi connectivity index (χ2n) is 9.96. The number of nitrogens with one attached hydrogen (secondary N) is 1. The third-order valence-electron chi connectivity index (χ3n) is 7.12. The highest BCUT2D eigenvalue weighted by molar-refractivity contribution is 7.92. The molecule has 0 spiro atoms. The first-order valence-corrected chi connectivity index (χ1v) is 15.5. The van der Waals surface area contributed by atoms with E-state index in [4.69, 9.17) is 4.74 Å². The lowest BCUT2D eigenvalue weighted by Gasteiger charge is -2.33. The third kappa shape index (κ3) is 8.10. The maximum absolute atomic E-state index is 14.2. The number of hydrogen-bond acceptors (Lipinski definition) is 5. The van der Waals surface area contributed by atoms with Crippen molar-refractivity contribution in [2.24, 2.45) is 0 Å². The Labute approximate surface area is 244 Å². The molecule has 2 amide bonds. The largest absolute Gasteiger partial charge is 0.497 e. The van der Waals surface area contributed by atoms with Crippen molar-refractivity contribution in [3.05, 3.63) is 90.0 Å². The van der Waals surface area contributed by atoms with Gasteiger partial charge in [-0.05, 0) is 73.7 Å². The fourth-order valence-corrected chi connectivity index (χ4v) is 5.91. The van der Waals surface area contributed by atoms with Crippen LogP contribution in [0, 0.1) is 0 Å². The summed E-state index contributed by atoms with van der Waals surface area (Å²) < 4.78 is 34.3. The molecule has 2 atom stereocenters. The van der Waals surface area contributed by atoms with Crippen LogP contribution in [0.4, 0.5) is 5.69 Å². The van der Waals surface area contributed by atoms with Gasteiger partial charge in [0.25, 0.3) is 10.0 Å². The van der Waals surface area contributed by atoms with E-state index in [9.17, 15) is 18.0 Å². The number of hydrogen-bond donors (Lipinski definition) is 1. The van der Waals surface area contributed by atoms with Crippen LogP contribution in [0.1, 0.15) is 51.7 Å². The second-order valence-corrected chi connectivity index (χ2v) is 11.8. The molecule has 0 aliphatic heterocycles. The number of sulfonamides is 1. The van der Waals surface area contributed by atoms with Gasteiger partial charge in [0, 0.05) is 12.6 Å². The second kappa shape index (κ2) is 14.7. The molecule has 3 rings (SSSR count). The number of rotatable bonds is 14. The Balaban J connectivity index is 2.06. The highest BCUT2D eigenvalue weighted by Crippen LogP contribution is 2.26. The van der Waals surface area contributed by atoms with E-state index in [-0.39, 0.29) is 23.4 Å². The molecule has 0 saturated heterocycles. The number of amides is 2. The molecule has 0 radical (unpaired) electrons. The summed E-state index contributed by atoms with van der Waals surface area (Å²) >= 11 is 0. The van der Waals surface area contributed by atoms with Gasteiger partial charge in [0.15, 0.2) is 0 Å². The third-order valence-corrected chi connectivity index (χ3v) is 8.90. The van der Waals surface area contributed by atoms with Crippen molar-refractivity contribution in [1.82, 2.24) is 10.2 Å². The monoisotopic (exact) mass is 579 g/mol. The molecular weight excluding hydrogens is 538 g/mol. The number of ether oxygens (including phenoxy) is 1. The summed E-state index contributed by atoms with van der Waals surface area (Å²) in [4.78, 5) is 29.1. The van der Waals surface area contributed by atoms with Crippen LogP contribution in [0.2, 0.25) is 0 Å². The number of aryl methyl sites for hydroxylation is 1. The van der Waals surface area contributed by atoms with Crippen LogP contribution < -0.4 is 14.4 Å². The molecule has 0 bridgehead atoms. The van der Waals surface area contributed by atoms with E-state index in [0.717, 1.165) is 28.3 Å². The molecule has 8 nitrogen and oxygen atoms in total. The Kier molecular flexibility index (Phi) is 11.3. The topological polar surface area (TPSA) is 96.0 Å². The number of carbonyl (C=O) groups is 2. The van der Waals surface area contributed by atoms with Crippen LogP contribution in [-0.2, 0) is 32.6 Å². The number of nitrogens with zero attached hydrogens (tertiary/aromatic N) is 2. The summed E-state index contributed by atoms with van der Waals surface area (Å²) in [5, 5.41) is 2.99. The SMILES string of the molecule is CCc1ccc(N(CC(=O)N(Cc2cccc(OC)c2)[C@H](CC)C(=O)N[C@@H](C)CC)S(=O)(=O)c2ccccc2)cc1. The molecule has 0 fully saturated rings. The summed E-state index contributed by atoms with van der Waals surface area (Å²) in [7, 11) is -2.53. The summed E-state index contributed by atoms with van der Waals surface area (Å²) in [5.74, 6) is -0.141. The van der Waals surface area contributed by atoms with Crippen LogP contribution >= 0.6 is 0 Å². The van der Waals surface area contributed by atoms with Gasteiger partial charge in [-0.1, -0.05) is 63.2 Å². The normalized spacial score (nSPS) is 12.7. The molecular formula is C32H41N3O5S. The highest BCUT2D eigenvalue weighted by Gasteiger charge is 2.34. The van der Waals surface area contributed by atoms with Crippen LogP contribution in [0.5, 0.6) is 5.75 Å². The molecule has 0 aromatic heterocycles. The van der Waals surface area contributed by atoms with E-state index in [1.54, 1.807) is 43.5 Å². The summed E-state index contributed by atoms with van der Waals surface area (Å²) in [6, 6.07) is 21.6. The number of anilines is 1. The van der Waals surface area contributed by atoms with E-state index in [1.165, 1.54) is 17.0 Å². The lowest BCUT2D eigenvalue weighted by molar-refractivity contribution is -0.140. The summed E-state index contributed by atoms with van der Waals surface area (Å²) in [6.07, 6.45) is 1.89. The van der Waals surface area contributed by atoms with Crippen molar-refractivity contribution >= 4 is 27.5 Å². The Morgan fingerprint density at radius 3 is 2.15 bits per heavy atom. The molecule has 0 aliphatic rings. The Hall–Kier alpha value is -3.85. The van der Waals surface area contributed by atoms with Crippen molar-refractivity contribution in [2.45, 2.75) is 70.5 Å². The van der Waals surface area contributed by atoms with E-state index < -0.39 is 28.5 Å². The fraction of sp³-hybridized carbons (Fsp3) is 0.375. The van der Waals surface area contributed by atoms with Crippen LogP contribution in [0.3, 0.4) is 0 Å². The minimum atomic E-state index is -4.10. The van der Waals surface area contributed by atoms with Crippen molar-refractivity contribution in [3.8, 4) is 5.75 Å². The quantitative estimate of drug-likeness (QED) is 0.284. The Morgan fingerprint density at radius 1 is 0.878 bits per heavy atom. The first-order valence-electron chi connectivity index (χ1n) is 14.0. The van der Waals surface area contributed by atoms with Gasteiger partial charge in [-0.25, -0.2) is 8.42 Å². The number of benzene rings is 3. The minimum Gasteiger partial charge on any atom is -0.497 e. The van der Waals surface area contributed by atoms with Crippen molar-refractivity contribution in [1.29, 1.82) is 0 Å². The van der Waals surface area contributed by atoms with E-state index >= 15 is 0 Å². The molecule has 220 valence electrons. The van der Waals surface area contributed by atoms with Crippen molar-refractivity contribution < 1.29 is 22.7 Å². The maximum atomic E-state index is 14.2. The molecule has 1 N–H and O–H groups in total. The first-order chi connectivity index (χ1) is 19.6. The average Bonchev–Trinajstić information content (AvgIpc) is 3.00. The van der Waals surface area contributed by atoms with Gasteiger partial charge in [0.05, 0.1) is 17.7 Å². The lowest BCUT2D eigenvalue weighted by atomic mass is 10.1. The van der Waals surface area contributed by atoms with Gasteiger partial charge in [0.2, 0.25) is 11.8 Å². The number of carbonyl (C=O) groups excluding carboxylic acids is 2. The molecule has 0 aliphatic carbocycles. The van der Waals surface area contributed by atoms with Crippen molar-refractivity contribution in [3.63, 3.8) is 0 Å². The van der Waals surface area contributed by atoms with Gasteiger partial charge in [-0.2, -0.15) is 0 Å². The molecule has 0 heterocycles. The highest BCUT2D eigenvalue weighted by atomic mass is 32.2. The average molecular weight is 580 g/mol. The van der Waals surface area contributed by atoms with Gasteiger partial charge >= 0.3 is 0 Å². The zero-order chi connectivity index (χ0) is 30.0. The summed E-state index contributed by atoms with van der Waals surface area (Å²) in [5.41, 5.74) is 2.18. The molecule has 41 heavy (non-hydrogen) atoms. The smallest absolute Gasteiger partial charge is 0.264 e. The van der Waals surface area contributed by atoms with Crippen LogP contribution in [0.15, 0.2) is 83.8 Å². The standard InChI is InChI=1S/C32H41N3O5S/c1-6-24(4)33-32(37)30(8-3)34(22-26-13-12-14-28(21-26)40-5)31(36)23-35(27-19-17-25(7-2)18-20-27)41(38,39)29-15-10-9-11-16-29/h9-21,24,30H,6-8,22-23H2,1-5H3,(H,33,37)/t24-,30+/m0/s1. The Morgan fingerprint density at radius 2 is 1.56 bits per heavy atom. The maximum Gasteiger partial charge on any atom is 0.264 e. The van der Waals surface area contributed by atoms with Gasteiger partial charge in [-0.3, -0.25) is 13.9 Å². The fourth-order valence-electron chi connectivity index (χ4n) is 4.47. The molecule has 3 aromatic rings. The van der Waals surface area contributed by atoms with Crippen molar-refractivity contribution in [2.75, 3.05) is 18.0 Å². The zero-order valence-electron chi connectivity index (χ0n) is 24.5. The van der Waals surface area contributed by atoms with Gasteiger partial charge in [-0.15, -0.1) is 0 Å². The zero-order valence-corrected chi connectivity index (χ0v) is 25.4. The summed E-state index contributed by atoms with van der Waals surface area (Å²) in [6.45, 7) is 7.38. The van der Waals surface area contributed by atoms with Gasteiger partial charge < -0.3 is 15.0 Å². The first kappa shape index (κ1) is 31.7. The predicted octanol–water partition coefficient (Wildman–Crippen LogP) is 5.18. The van der Waals surface area contributed by atoms with Crippen LogP contribution in [0.25, 0.3) is 0 Å². The van der Waals surface area contributed by atoms with Gasteiger partial charge in [0.1, 0.15) is 18.3 Å². The van der Waals surface area contributed by atoms with Crippen LogP contribution in [-0.4, -0.2) is 50.9 Å². The number of methoxy groups -OCH3 is 1. The molecule has 9 heteroatoms. The van der Waals surface area contributed by atoms with E-state index in [1.807, 2.05) is 58.0 Å².